The molecule has 16 rings (SSSR count). The summed E-state index contributed by atoms with van der Waals surface area (Å²) in [5, 5.41) is 40.0. The fraction of sp³-hybridized carbons (Fsp3) is 0.359. The number of ether oxygens (including phenoxy) is 1. The van der Waals surface area contributed by atoms with E-state index in [4.69, 9.17) is 50.0 Å². The van der Waals surface area contributed by atoms with E-state index in [0.717, 1.165) is 12.1 Å². The molecule has 5 saturated carbocycles. The van der Waals surface area contributed by atoms with E-state index in [0.29, 0.717) is 18.3 Å². The number of ketones is 10. The Morgan fingerprint density at radius 1 is 0.435 bits per heavy atom. The number of rotatable bonds is 11. The summed E-state index contributed by atoms with van der Waals surface area (Å²) in [5.74, 6) is -10.9. The minimum atomic E-state index is -2.56. The highest BCUT2D eigenvalue weighted by molar-refractivity contribution is 7.03. The zero-order valence-electron chi connectivity index (χ0n) is 91.6. The summed E-state index contributed by atoms with van der Waals surface area (Å²) in [4.78, 5) is 263. The summed E-state index contributed by atoms with van der Waals surface area (Å²) in [6.07, 6.45) is -20.0. The molecule has 0 bridgehead atoms. The third-order valence-corrected chi connectivity index (χ3v) is 18.3. The maximum Gasteiger partial charge on any atom is 0.353 e. The molecule has 5 fully saturated rings. The number of nitrogens with two attached hydrogens (primary N) is 5. The van der Waals surface area contributed by atoms with Gasteiger partial charge in [0, 0.05) is 109 Å². The van der Waals surface area contributed by atoms with Gasteiger partial charge in [-0.25, -0.2) is 34.5 Å². The van der Waals surface area contributed by atoms with Crippen molar-refractivity contribution in [2.24, 2.45) is 10.5 Å². The first-order valence-corrected chi connectivity index (χ1v) is 38.6. The fourth-order valence-electron chi connectivity index (χ4n) is 12.8. The molecule has 0 spiro atoms. The van der Waals surface area contributed by atoms with Gasteiger partial charge in [-0.2, -0.15) is 0 Å². The molecule has 5 aliphatic rings. The van der Waals surface area contributed by atoms with Crippen LogP contribution in [-0.4, -0.2) is 152 Å². The molecule has 5 heterocycles. The standard InChI is InChI=1S/C15H13N3O5.3C15H15N3O3.C9H6N2O4.C7H6N2O4.C6H9NO2.C4H6O3.CH4NP.5CH4/c1-8-16-10-3-2-4-12(18(22)23)14(10)15(21)17(8)11-6-5-9(19)7-13(11)20;3*1-8-17-11-4-2-3-10(16)14(11)15(21)18(8)12-6-5-9(19)7-13(12)20;1-5-10-6-3-2-4-7(11(13)14)8(6)9(12)15-5;8-4-2-1-3-5(9(12)13)6(4)7(10)11;7-5-2-1-4(8)3-6(5)9;1-3(5)7-4(2)6;1-2-3;;;;;/h2-4,11H,5-7H2,1H3;3*2-4,12H,5-7,16H2,1H3;2-4H,1H3;1-3H,8H2,(H,10,11);5H,1-3,7H2;1-2H3;3H,1H3;5*1H4/t;2*12-;;;;;;;;;;;/m.10.........../s1/i5D,6D,11D;3*5D,6D,12D;;;1D,2D,5D;;;;;;;/hD6/t;2*5?,6?,12-;;;;;;;;;;;. The number of esters is 2. The minimum Gasteiger partial charge on any atom is -0.477 e. The summed E-state index contributed by atoms with van der Waals surface area (Å²) in [6.45, 7) is 9.36. The zero-order valence-corrected chi connectivity index (χ0v) is 71.6. The van der Waals surface area contributed by atoms with Crippen molar-refractivity contribution in [3.63, 3.8) is 0 Å². The van der Waals surface area contributed by atoms with E-state index >= 15 is 0 Å². The van der Waals surface area contributed by atoms with Gasteiger partial charge in [-0.15, -0.1) is 0 Å². The summed E-state index contributed by atoms with van der Waals surface area (Å²) in [5.41, 5.74) is 5.41. The van der Waals surface area contributed by atoms with Crippen LogP contribution in [0.3, 0.4) is 0 Å². The molecular formula is C92H109N18O27P. The van der Waals surface area contributed by atoms with Crippen LogP contribution in [0, 0.1) is 65.0 Å². The SMILES string of the molecule is C.C.C.C.C.CC(=O)OC(C)=O.CN=P.Cc1nc2cccc([N+](=O)[O-])c2c(=O)o1.Nc1cccc([N+](=O)[O-])c1C(=O)O.[2H]C1C(=O)CC(=O)C([2H])(N)C1[2H].[2H]C1C(=O)CC(=O)C([2H])(n2c(C)nc3cccc(N([2H])[2H])c3c2=O)C1[2H].[2H]C1C(=O)CC(=O)C([2H])(n2c(C)nc3cccc([N+](=O)[O-])c3c2=O)C1[2H].[2H]C1C(=O)CC(=O)[C@@]([2H])(n2c(C)nc3cccc(N([2H])[2H])c3c2=O)C1[2H].[2H]C1C(=O)CC(=O)[C@]([2H])(n2c(C)nc3cccc(N([2H])[2H])c3c2=O)C1[2H]. The van der Waals surface area contributed by atoms with Gasteiger partial charge in [0.25, 0.3) is 39.3 Å². The lowest BCUT2D eigenvalue weighted by Crippen LogP contribution is -2.36. The van der Waals surface area contributed by atoms with Crippen LogP contribution in [0.15, 0.2) is 142 Å². The van der Waals surface area contributed by atoms with Crippen molar-refractivity contribution in [3.05, 3.63) is 226 Å². The number of fused-ring (bicyclic) bond motifs is 5. The number of Topliss-reactive ketones (excluding diaryl/α,β-unsaturated/α-hetero) is 10. The number of aromatic carboxylic acids is 1. The van der Waals surface area contributed by atoms with Gasteiger partial charge in [-0.3, -0.25) is 130 Å². The average molecular weight is 1950 g/mol. The van der Waals surface area contributed by atoms with Crippen molar-refractivity contribution in [3.8, 4) is 0 Å². The van der Waals surface area contributed by atoms with E-state index in [2.05, 4.69) is 43.4 Å². The van der Waals surface area contributed by atoms with Gasteiger partial charge in [0.2, 0.25) is 0 Å². The second-order valence-corrected chi connectivity index (χ2v) is 28.1. The third-order valence-electron chi connectivity index (χ3n) is 18.3. The van der Waals surface area contributed by atoms with Crippen molar-refractivity contribution in [2.45, 2.75) is 212 Å². The number of nitro benzene ring substituents is 3. The van der Waals surface area contributed by atoms with Gasteiger partial charge in [-0.05, 0) is 123 Å². The van der Waals surface area contributed by atoms with Gasteiger partial charge in [0.05, 0.1) is 133 Å². The van der Waals surface area contributed by atoms with Gasteiger partial charge >= 0.3 is 23.5 Å². The van der Waals surface area contributed by atoms with Gasteiger partial charge in [0.15, 0.2) is 54.2 Å². The molecule has 734 valence electrons. The molecule has 46 heteroatoms. The number of carbonyl (C=O) groups is 13. The number of aryl methyl sites for hydroxylation is 5. The van der Waals surface area contributed by atoms with Crippen molar-refractivity contribution in [1.29, 1.82) is 0 Å². The lowest BCUT2D eigenvalue weighted by atomic mass is 9.92. The Morgan fingerprint density at radius 3 is 0.971 bits per heavy atom. The Bertz CT molecular complexity index is 7570. The number of carbonyl (C=O) groups excluding carboxylic acids is 12. The first-order valence-electron chi connectivity index (χ1n) is 49.1. The maximum absolute atomic E-state index is 13.1. The van der Waals surface area contributed by atoms with Crippen LogP contribution in [0.4, 0.5) is 39.8 Å². The van der Waals surface area contributed by atoms with Gasteiger partial charge in [-0.1, -0.05) is 73.5 Å². The molecule has 5 aromatic heterocycles. The molecule has 0 radical (unpaired) electrons. The third kappa shape index (κ3) is 28.2. The predicted molar refractivity (Wildman–Crippen MR) is 515 cm³/mol. The quantitative estimate of drug-likeness (QED) is 0.0175. The van der Waals surface area contributed by atoms with Crippen molar-refractivity contribution < 1.29 is 120 Å². The normalized spacial score (nSPS) is 26.3. The monoisotopic (exact) mass is 1950 g/mol. The van der Waals surface area contributed by atoms with Crippen LogP contribution in [0.1, 0.15) is 231 Å². The Kier molecular flexibility index (Phi) is 31.5. The predicted octanol–water partition coefficient (Wildman–Crippen LogP) is 11.1. The number of hydrogen-bond donors (Lipinski definition) is 6. The van der Waals surface area contributed by atoms with E-state index in [1.54, 1.807) is 7.05 Å². The lowest BCUT2D eigenvalue weighted by Gasteiger charge is -2.24. The number of benzene rings is 6. The number of nitro groups is 3. The van der Waals surface area contributed by atoms with Crippen LogP contribution in [0.2, 0.25) is 8.47 Å². The van der Waals surface area contributed by atoms with E-state index in [-0.39, 0.29) is 161 Å². The second-order valence-electron chi connectivity index (χ2n) is 27.7. The molecule has 11 aromatic rings. The van der Waals surface area contributed by atoms with Gasteiger partial charge in [0.1, 0.15) is 57.6 Å². The van der Waals surface area contributed by atoms with Crippen molar-refractivity contribution in [1.82, 2.24) is 43.2 Å². The van der Waals surface area contributed by atoms with E-state index in [9.17, 15) is 117 Å². The average Bonchev–Trinajstić information content (AvgIpc) is 0.733. The Hall–Kier alpha value is -16.2. The largest absolute Gasteiger partial charge is 0.477 e. The van der Waals surface area contributed by atoms with Crippen LogP contribution in [0.5, 0.6) is 0 Å². The second kappa shape index (κ2) is 51.3. The summed E-state index contributed by atoms with van der Waals surface area (Å²) in [6, 6.07) is 12.8. The van der Waals surface area contributed by atoms with E-state index in [1.807, 2.05) is 0 Å². The van der Waals surface area contributed by atoms with E-state index in [1.165, 1.54) is 146 Å². The van der Waals surface area contributed by atoms with Crippen molar-refractivity contribution in [2.75, 3.05) is 29.9 Å². The smallest absolute Gasteiger partial charge is 0.353 e. The zero-order chi connectivity index (χ0) is 117. The molecular weight excluding hydrogens is 1820 g/mol. The highest BCUT2D eigenvalue weighted by atomic mass is 31.0. The molecule has 13 unspecified atom stereocenters. The van der Waals surface area contributed by atoms with Crippen LogP contribution in [-0.2, 0) is 62.3 Å². The Morgan fingerprint density at radius 2 is 0.688 bits per heavy atom. The first-order chi connectivity index (χ1) is 71.4. The van der Waals surface area contributed by atoms with Crippen LogP contribution < -0.4 is 56.5 Å². The lowest BCUT2D eigenvalue weighted by molar-refractivity contribution is -0.385. The Balaban J connectivity index is 0.000000473. The highest BCUT2D eigenvalue weighted by Crippen LogP contribution is 2.32. The number of non-ortho nitro benzene ring substituents is 2. The number of carboxylic acids is 1. The topological polar surface area (TPSA) is 706 Å². The molecule has 45 nitrogen and oxygen atoms in total. The molecule has 0 aliphatic heterocycles. The van der Waals surface area contributed by atoms with E-state index < -0.39 is 267 Å². The number of anilines is 4. The fourth-order valence-corrected chi connectivity index (χ4v) is 12.8. The first kappa shape index (κ1) is 84.8. The number of aromatic nitrogens is 9. The molecule has 138 heavy (non-hydrogen) atoms. The molecule has 11 N–H and O–H groups in total. The Labute approximate surface area is 818 Å². The van der Waals surface area contributed by atoms with Crippen LogP contribution in [0.25, 0.3) is 54.5 Å². The van der Waals surface area contributed by atoms with Crippen molar-refractivity contribution >= 4 is 179 Å². The molecule has 0 amide bonds. The summed E-state index contributed by atoms with van der Waals surface area (Å²) in [7, 11) is 4.47. The molecule has 5 aliphatic carbocycles. The highest BCUT2D eigenvalue weighted by Gasteiger charge is 2.36. The summed E-state index contributed by atoms with van der Waals surface area (Å²) >= 11 is 0. The number of nitrogen functional groups attached to an aromatic ring is 4. The number of hydrogen-bond acceptors (Lipinski definition) is 37. The molecule has 15 atom stereocenters. The minimum absolute atomic E-state index is 0. The number of nitrogens with zero attached hydrogens (tertiary/aromatic N) is 13. The molecule has 0 saturated heterocycles. The molecule has 6 aromatic carbocycles. The maximum atomic E-state index is 13.1. The number of carboxylic acid groups (broad SMARTS) is 1. The summed E-state index contributed by atoms with van der Waals surface area (Å²) < 4.78 is 178. The van der Waals surface area contributed by atoms with Crippen LogP contribution >= 0.6 is 9.03 Å². The van der Waals surface area contributed by atoms with Gasteiger partial charge < -0.3 is 42.9 Å².